The highest BCUT2D eigenvalue weighted by molar-refractivity contribution is 6.35. The van der Waals surface area contributed by atoms with Gasteiger partial charge in [-0.25, -0.2) is 4.68 Å². The molecule has 9 nitrogen and oxygen atoms in total. The largest absolute Gasteiger partial charge is 0.495 e. The third-order valence-corrected chi connectivity index (χ3v) is 6.90. The summed E-state index contributed by atoms with van der Waals surface area (Å²) in [6, 6.07) is 16.1. The number of amides is 2. The molecule has 0 saturated heterocycles. The van der Waals surface area contributed by atoms with Gasteiger partial charge in [-0.15, -0.1) is 0 Å². The van der Waals surface area contributed by atoms with Crippen LogP contribution in [0.1, 0.15) is 32.0 Å². The summed E-state index contributed by atoms with van der Waals surface area (Å²) in [5.74, 6) is 0.672. The maximum absolute atomic E-state index is 13.1. The Labute approximate surface area is 216 Å². The van der Waals surface area contributed by atoms with Gasteiger partial charge in [-0.2, -0.15) is 5.10 Å². The number of nitrogens with zero attached hydrogens (tertiary/aromatic N) is 2. The molecule has 4 aromatic rings. The van der Waals surface area contributed by atoms with Crippen molar-refractivity contribution in [1.82, 2.24) is 9.78 Å². The number of methoxy groups -OCH3 is 1. The van der Waals surface area contributed by atoms with Gasteiger partial charge in [0.1, 0.15) is 5.75 Å². The van der Waals surface area contributed by atoms with Gasteiger partial charge < -0.3 is 25.3 Å². The molecule has 3 aromatic carbocycles. The number of halogens is 1. The molecule has 0 radical (unpaired) electrons. The molecule has 10 heteroatoms. The minimum Gasteiger partial charge on any atom is -0.495 e. The second-order valence-electron chi connectivity index (χ2n) is 8.64. The SMILES string of the molecule is COc1cccc(C(=O)Nc2ccc3c(c2)-c2c(c(C(N)=O)nn2-c2ccc4c(c2)OCO4)CC3)c1Cl. The van der Waals surface area contributed by atoms with E-state index in [0.717, 1.165) is 22.4 Å². The molecule has 0 spiro atoms. The van der Waals surface area contributed by atoms with Crippen LogP contribution in [0.25, 0.3) is 16.9 Å². The van der Waals surface area contributed by atoms with Crippen LogP contribution in [0.3, 0.4) is 0 Å². The number of carbonyl (C=O) groups is 2. The van der Waals surface area contributed by atoms with Gasteiger partial charge in [0.15, 0.2) is 17.2 Å². The first-order valence-electron chi connectivity index (χ1n) is 11.5. The molecule has 0 saturated carbocycles. The molecule has 3 N–H and O–H groups in total. The number of carbonyl (C=O) groups excluding carboxylic acids is 2. The Morgan fingerprint density at radius 1 is 1.08 bits per heavy atom. The third kappa shape index (κ3) is 3.84. The quantitative estimate of drug-likeness (QED) is 0.406. The summed E-state index contributed by atoms with van der Waals surface area (Å²) in [7, 11) is 1.49. The van der Waals surface area contributed by atoms with Crippen LogP contribution in [-0.2, 0) is 12.8 Å². The highest BCUT2D eigenvalue weighted by atomic mass is 35.5. The molecular weight excluding hydrogens is 496 g/mol. The summed E-state index contributed by atoms with van der Waals surface area (Å²) in [6.45, 7) is 0.145. The van der Waals surface area contributed by atoms with Crippen molar-refractivity contribution in [2.24, 2.45) is 5.73 Å². The van der Waals surface area contributed by atoms with E-state index >= 15 is 0 Å². The average molecular weight is 517 g/mol. The smallest absolute Gasteiger partial charge is 0.269 e. The fourth-order valence-electron chi connectivity index (χ4n) is 4.76. The number of rotatable bonds is 5. The maximum atomic E-state index is 13.1. The number of fused-ring (bicyclic) bond motifs is 4. The molecular formula is C27H21ClN4O5. The van der Waals surface area contributed by atoms with Crippen LogP contribution < -0.4 is 25.3 Å². The van der Waals surface area contributed by atoms with Crippen molar-refractivity contribution < 1.29 is 23.8 Å². The zero-order chi connectivity index (χ0) is 25.7. The Kier molecular flexibility index (Phi) is 5.49. The fourth-order valence-corrected chi connectivity index (χ4v) is 5.05. The van der Waals surface area contributed by atoms with E-state index in [1.54, 1.807) is 28.9 Å². The number of ether oxygens (including phenoxy) is 3. The molecule has 186 valence electrons. The lowest BCUT2D eigenvalue weighted by molar-refractivity contribution is 0.0992. The summed E-state index contributed by atoms with van der Waals surface area (Å²) in [6.07, 6.45) is 1.31. The standard InChI is InChI=1S/C27H21ClN4O5/c1-35-21-4-2-3-17(23(21)28)27(34)30-15-7-5-14-6-9-18-24(26(29)33)31-32(25(18)19(14)11-15)16-8-10-20-22(12-16)37-13-36-20/h2-5,7-8,10-12H,6,9,13H2,1H3,(H2,29,33)(H,30,34). The fraction of sp³-hybridized carbons (Fsp3) is 0.148. The minimum absolute atomic E-state index is 0.145. The van der Waals surface area contributed by atoms with Crippen LogP contribution in [0.4, 0.5) is 5.69 Å². The number of nitrogens with one attached hydrogen (secondary N) is 1. The molecule has 37 heavy (non-hydrogen) atoms. The van der Waals surface area contributed by atoms with E-state index in [-0.39, 0.29) is 23.4 Å². The van der Waals surface area contributed by atoms with E-state index in [0.29, 0.717) is 47.0 Å². The number of aryl methyl sites for hydroxylation is 1. The van der Waals surface area contributed by atoms with Gasteiger partial charge in [0, 0.05) is 22.9 Å². The van der Waals surface area contributed by atoms with E-state index < -0.39 is 5.91 Å². The molecule has 2 amide bonds. The molecule has 2 aliphatic rings. The second kappa shape index (κ2) is 8.86. The second-order valence-corrected chi connectivity index (χ2v) is 9.02. The van der Waals surface area contributed by atoms with Gasteiger partial charge >= 0.3 is 0 Å². The molecule has 1 aliphatic carbocycles. The van der Waals surface area contributed by atoms with Crippen molar-refractivity contribution in [3.63, 3.8) is 0 Å². The minimum atomic E-state index is -0.601. The predicted molar refractivity (Wildman–Crippen MR) is 137 cm³/mol. The molecule has 1 aromatic heterocycles. The Balaban J connectivity index is 1.43. The number of hydrogen-bond acceptors (Lipinski definition) is 6. The van der Waals surface area contributed by atoms with Gasteiger partial charge in [-0.1, -0.05) is 23.7 Å². The van der Waals surface area contributed by atoms with E-state index in [1.165, 1.54) is 7.11 Å². The number of anilines is 1. The zero-order valence-corrected chi connectivity index (χ0v) is 20.5. The van der Waals surface area contributed by atoms with Crippen molar-refractivity contribution in [1.29, 1.82) is 0 Å². The summed E-state index contributed by atoms with van der Waals surface area (Å²) in [4.78, 5) is 25.3. The number of nitrogens with two attached hydrogens (primary N) is 1. The monoisotopic (exact) mass is 516 g/mol. The number of aromatic nitrogens is 2. The lowest BCUT2D eigenvalue weighted by Crippen LogP contribution is -2.16. The van der Waals surface area contributed by atoms with Crippen LogP contribution in [0.5, 0.6) is 17.2 Å². The topological polar surface area (TPSA) is 118 Å². The first kappa shape index (κ1) is 22.9. The number of hydrogen-bond donors (Lipinski definition) is 2. The van der Waals surface area contributed by atoms with Gasteiger partial charge in [-0.3, -0.25) is 9.59 Å². The van der Waals surface area contributed by atoms with E-state index in [1.807, 2.05) is 30.3 Å². The predicted octanol–water partition coefficient (Wildman–Crippen LogP) is 4.38. The Hall–Kier alpha value is -4.50. The van der Waals surface area contributed by atoms with Gasteiger partial charge in [0.05, 0.1) is 29.1 Å². The Bertz CT molecular complexity index is 1600. The molecule has 2 heterocycles. The zero-order valence-electron chi connectivity index (χ0n) is 19.7. The first-order valence-corrected chi connectivity index (χ1v) is 11.9. The van der Waals surface area contributed by atoms with Crippen molar-refractivity contribution in [2.75, 3.05) is 19.2 Å². The Morgan fingerprint density at radius 2 is 1.92 bits per heavy atom. The summed E-state index contributed by atoms with van der Waals surface area (Å²) in [5.41, 5.74) is 10.9. The third-order valence-electron chi connectivity index (χ3n) is 6.51. The summed E-state index contributed by atoms with van der Waals surface area (Å²) < 4.78 is 17.9. The van der Waals surface area contributed by atoms with E-state index in [2.05, 4.69) is 10.4 Å². The highest BCUT2D eigenvalue weighted by Gasteiger charge is 2.29. The van der Waals surface area contributed by atoms with Crippen molar-refractivity contribution in [3.8, 4) is 34.2 Å². The molecule has 0 unspecified atom stereocenters. The van der Waals surface area contributed by atoms with Crippen LogP contribution in [-0.4, -0.2) is 35.5 Å². The summed E-state index contributed by atoms with van der Waals surface area (Å²) in [5, 5.41) is 7.73. The molecule has 0 fully saturated rings. The van der Waals surface area contributed by atoms with Crippen LogP contribution in [0, 0.1) is 0 Å². The van der Waals surface area contributed by atoms with Gasteiger partial charge in [-0.05, 0) is 54.8 Å². The van der Waals surface area contributed by atoms with Crippen molar-refractivity contribution >= 4 is 29.1 Å². The number of benzene rings is 3. The lowest BCUT2D eigenvalue weighted by atomic mass is 9.88. The van der Waals surface area contributed by atoms with E-state index in [9.17, 15) is 9.59 Å². The average Bonchev–Trinajstić information content (AvgIpc) is 3.53. The molecule has 0 bridgehead atoms. The van der Waals surface area contributed by atoms with Crippen molar-refractivity contribution in [2.45, 2.75) is 12.8 Å². The van der Waals surface area contributed by atoms with Crippen LogP contribution >= 0.6 is 11.6 Å². The van der Waals surface area contributed by atoms with Gasteiger partial charge in [0.2, 0.25) is 6.79 Å². The molecule has 1 aliphatic heterocycles. The summed E-state index contributed by atoms with van der Waals surface area (Å²) >= 11 is 6.35. The lowest BCUT2D eigenvalue weighted by Gasteiger charge is -2.20. The van der Waals surface area contributed by atoms with Crippen LogP contribution in [0.15, 0.2) is 54.6 Å². The van der Waals surface area contributed by atoms with E-state index in [4.69, 9.17) is 31.5 Å². The van der Waals surface area contributed by atoms with Crippen molar-refractivity contribution in [3.05, 3.63) is 82.0 Å². The highest BCUT2D eigenvalue weighted by Crippen LogP contribution is 2.40. The Morgan fingerprint density at radius 3 is 2.73 bits per heavy atom. The van der Waals surface area contributed by atoms with Crippen LogP contribution in [0.2, 0.25) is 5.02 Å². The van der Waals surface area contributed by atoms with Gasteiger partial charge in [0.25, 0.3) is 11.8 Å². The normalized spacial score (nSPS) is 13.0. The number of primary amides is 1. The first-order chi connectivity index (χ1) is 17.9. The molecule has 6 rings (SSSR count). The maximum Gasteiger partial charge on any atom is 0.269 e. The molecule has 0 atom stereocenters.